The number of benzene rings is 2. The minimum atomic E-state index is 0.333. The van der Waals surface area contributed by atoms with Crippen LogP contribution in [0, 0.1) is 0 Å². The van der Waals surface area contributed by atoms with Crippen molar-refractivity contribution in [1.82, 2.24) is 0 Å². The Morgan fingerprint density at radius 2 is 1.94 bits per heavy atom. The van der Waals surface area contributed by atoms with Crippen LogP contribution >= 0.6 is 0 Å². The van der Waals surface area contributed by atoms with Crippen LogP contribution in [0.3, 0.4) is 0 Å². The quantitative estimate of drug-likeness (QED) is 0.822. The highest BCUT2D eigenvalue weighted by Crippen LogP contribution is 2.35. The molecule has 4 N–H and O–H groups in total. The van der Waals surface area contributed by atoms with Crippen LogP contribution in [0.2, 0.25) is 0 Å². The zero-order valence-electron chi connectivity index (χ0n) is 9.69. The Bertz CT molecular complexity index is 599. The van der Waals surface area contributed by atoms with Crippen molar-refractivity contribution in [2.45, 2.75) is 12.5 Å². The molecule has 0 amide bonds. The Balaban J connectivity index is 2.39. The molecule has 1 atom stereocenters. The van der Waals surface area contributed by atoms with Gasteiger partial charge in [-0.25, -0.2) is 0 Å². The van der Waals surface area contributed by atoms with E-state index in [1.54, 1.807) is 0 Å². The van der Waals surface area contributed by atoms with Crippen molar-refractivity contribution >= 4 is 16.8 Å². The molecule has 86 valence electrons. The van der Waals surface area contributed by atoms with Gasteiger partial charge in [0.25, 0.3) is 0 Å². The average molecular weight is 224 g/mol. The summed E-state index contributed by atoms with van der Waals surface area (Å²) in [6, 6.07) is 10.7. The number of nitrogens with two attached hydrogens (primary N) is 2. The third kappa shape index (κ3) is 1.49. The van der Waals surface area contributed by atoms with Gasteiger partial charge in [-0.3, -0.25) is 0 Å². The maximum absolute atomic E-state index is 5.83. The molecule has 0 saturated carbocycles. The maximum Gasteiger partial charge on any atom is 0.0184 e. The minimum absolute atomic E-state index is 0.333. The Morgan fingerprint density at radius 1 is 1.06 bits per heavy atom. The molecular weight excluding hydrogens is 208 g/mol. The highest BCUT2D eigenvalue weighted by Gasteiger charge is 2.17. The molecule has 0 spiro atoms. The lowest BCUT2D eigenvalue weighted by Gasteiger charge is -2.21. The van der Waals surface area contributed by atoms with Gasteiger partial charge < -0.3 is 11.5 Å². The van der Waals surface area contributed by atoms with Crippen molar-refractivity contribution in [1.29, 1.82) is 0 Å². The fourth-order valence-electron chi connectivity index (χ4n) is 2.68. The van der Waals surface area contributed by atoms with Gasteiger partial charge in [0.1, 0.15) is 0 Å². The highest BCUT2D eigenvalue weighted by atomic mass is 14.6. The maximum atomic E-state index is 5.83. The monoisotopic (exact) mass is 224 g/mol. The summed E-state index contributed by atoms with van der Waals surface area (Å²) in [5.41, 5.74) is 15.4. The molecule has 1 unspecified atom stereocenters. The van der Waals surface area contributed by atoms with Crippen LogP contribution in [0.15, 0.2) is 36.4 Å². The summed E-state index contributed by atoms with van der Waals surface area (Å²) in [5, 5.41) is 2.60. The van der Waals surface area contributed by atoms with Crippen LogP contribution in [0.5, 0.6) is 0 Å². The van der Waals surface area contributed by atoms with Crippen LogP contribution in [0.4, 0.5) is 0 Å². The second-order valence-electron chi connectivity index (χ2n) is 4.49. The standard InChI is InChI=1S/C15H16N2/c16-8-11-5-4-10-2-1-3-13-12(9-17)6-7-14(11)15(10)13/h1-7,12H,8-9,16-17H2. The van der Waals surface area contributed by atoms with E-state index in [4.69, 9.17) is 11.5 Å². The lowest BCUT2D eigenvalue weighted by Crippen LogP contribution is -2.13. The van der Waals surface area contributed by atoms with E-state index in [-0.39, 0.29) is 0 Å². The molecule has 0 fully saturated rings. The normalized spacial score (nSPS) is 17.6. The van der Waals surface area contributed by atoms with Crippen LogP contribution in [0.1, 0.15) is 22.6 Å². The van der Waals surface area contributed by atoms with Gasteiger partial charge >= 0.3 is 0 Å². The van der Waals surface area contributed by atoms with E-state index in [0.717, 1.165) is 0 Å². The summed E-state index contributed by atoms with van der Waals surface area (Å²) in [6.45, 7) is 1.24. The second-order valence-corrected chi connectivity index (χ2v) is 4.49. The molecule has 0 heterocycles. The van der Waals surface area contributed by atoms with Gasteiger partial charge in [-0.05, 0) is 27.5 Å². The third-order valence-corrected chi connectivity index (χ3v) is 3.58. The van der Waals surface area contributed by atoms with Crippen molar-refractivity contribution < 1.29 is 0 Å². The highest BCUT2D eigenvalue weighted by molar-refractivity contribution is 5.96. The molecule has 0 aliphatic heterocycles. The van der Waals surface area contributed by atoms with E-state index in [1.807, 2.05) is 0 Å². The first-order chi connectivity index (χ1) is 8.35. The van der Waals surface area contributed by atoms with Crippen LogP contribution in [-0.4, -0.2) is 6.54 Å². The van der Waals surface area contributed by atoms with Gasteiger partial charge in [-0.15, -0.1) is 0 Å². The number of hydrogen-bond acceptors (Lipinski definition) is 2. The molecule has 17 heavy (non-hydrogen) atoms. The van der Waals surface area contributed by atoms with Crippen molar-refractivity contribution in [3.05, 3.63) is 53.1 Å². The summed E-state index contributed by atoms with van der Waals surface area (Å²) in [5.74, 6) is 0.333. The third-order valence-electron chi connectivity index (χ3n) is 3.58. The lowest BCUT2D eigenvalue weighted by atomic mass is 9.84. The second kappa shape index (κ2) is 3.99. The summed E-state index contributed by atoms with van der Waals surface area (Å²) in [4.78, 5) is 0. The summed E-state index contributed by atoms with van der Waals surface area (Å²) in [6.07, 6.45) is 4.37. The molecular formula is C15H16N2. The van der Waals surface area contributed by atoms with Gasteiger partial charge in [0.15, 0.2) is 0 Å². The lowest BCUT2D eigenvalue weighted by molar-refractivity contribution is 0.856. The largest absolute Gasteiger partial charge is 0.330 e. The van der Waals surface area contributed by atoms with Crippen LogP contribution < -0.4 is 11.5 Å². The molecule has 1 aliphatic rings. The number of rotatable bonds is 2. The van der Waals surface area contributed by atoms with Gasteiger partial charge in [-0.2, -0.15) is 0 Å². The van der Waals surface area contributed by atoms with Gasteiger partial charge in [0.05, 0.1) is 0 Å². The van der Waals surface area contributed by atoms with Crippen LogP contribution in [-0.2, 0) is 6.54 Å². The minimum Gasteiger partial charge on any atom is -0.330 e. The van der Waals surface area contributed by atoms with E-state index in [1.165, 1.54) is 27.5 Å². The first-order valence-electron chi connectivity index (χ1n) is 5.98. The van der Waals surface area contributed by atoms with Gasteiger partial charge in [0, 0.05) is 19.0 Å². The molecule has 0 radical (unpaired) electrons. The fraction of sp³-hybridized carbons (Fsp3) is 0.200. The molecule has 0 bridgehead atoms. The van der Waals surface area contributed by atoms with Crippen molar-refractivity contribution in [2.24, 2.45) is 11.5 Å². The average Bonchev–Trinajstić information content (AvgIpc) is 2.40. The van der Waals surface area contributed by atoms with E-state index in [9.17, 15) is 0 Å². The SMILES string of the molecule is NCc1ccc2cccc3c2c1C=CC3CN. The molecule has 2 aromatic carbocycles. The van der Waals surface area contributed by atoms with Crippen molar-refractivity contribution in [2.75, 3.05) is 6.54 Å². The Kier molecular flexibility index (Phi) is 2.46. The van der Waals surface area contributed by atoms with E-state index < -0.39 is 0 Å². The summed E-state index contributed by atoms with van der Waals surface area (Å²) >= 11 is 0. The first kappa shape index (κ1) is 10.5. The van der Waals surface area contributed by atoms with Crippen molar-refractivity contribution in [3.8, 4) is 0 Å². The Hall–Kier alpha value is -1.64. The van der Waals surface area contributed by atoms with E-state index in [0.29, 0.717) is 19.0 Å². The summed E-state index contributed by atoms with van der Waals surface area (Å²) < 4.78 is 0. The van der Waals surface area contributed by atoms with Gasteiger partial charge in [0.2, 0.25) is 0 Å². The predicted octanol–water partition coefficient (Wildman–Crippen LogP) is 2.37. The molecule has 1 aliphatic carbocycles. The molecule has 3 rings (SSSR count). The Morgan fingerprint density at radius 3 is 2.71 bits per heavy atom. The summed E-state index contributed by atoms with van der Waals surface area (Å²) in [7, 11) is 0. The zero-order valence-corrected chi connectivity index (χ0v) is 9.69. The van der Waals surface area contributed by atoms with Crippen molar-refractivity contribution in [3.63, 3.8) is 0 Å². The van der Waals surface area contributed by atoms with E-state index >= 15 is 0 Å². The molecule has 2 heteroatoms. The topological polar surface area (TPSA) is 52.0 Å². The fourth-order valence-corrected chi connectivity index (χ4v) is 2.68. The zero-order chi connectivity index (χ0) is 11.8. The molecule has 2 nitrogen and oxygen atoms in total. The Labute approximate surface area is 101 Å². The van der Waals surface area contributed by atoms with Gasteiger partial charge in [-0.1, -0.05) is 42.5 Å². The predicted molar refractivity (Wildman–Crippen MR) is 72.7 cm³/mol. The first-order valence-corrected chi connectivity index (χ1v) is 5.98. The molecule has 0 aromatic heterocycles. The molecule has 0 saturated heterocycles. The number of hydrogen-bond donors (Lipinski definition) is 2. The smallest absolute Gasteiger partial charge is 0.0184 e. The van der Waals surface area contributed by atoms with Crippen LogP contribution in [0.25, 0.3) is 16.8 Å². The molecule has 2 aromatic rings. The van der Waals surface area contributed by atoms with E-state index in [2.05, 4.69) is 42.5 Å².